The molecule has 4 nitrogen and oxygen atoms in total. The van der Waals surface area contributed by atoms with Crippen molar-refractivity contribution in [1.29, 1.82) is 0 Å². The predicted molar refractivity (Wildman–Crippen MR) is 112 cm³/mol. The van der Waals surface area contributed by atoms with Crippen LogP contribution in [0, 0.1) is 11.8 Å². The summed E-state index contributed by atoms with van der Waals surface area (Å²) in [5.74, 6) is 5.73. The highest BCUT2D eigenvalue weighted by molar-refractivity contribution is 5.83. The second kappa shape index (κ2) is 11.1. The summed E-state index contributed by atoms with van der Waals surface area (Å²) in [5, 5.41) is 10.4. The highest BCUT2D eigenvalue weighted by Crippen LogP contribution is 2.16. The van der Waals surface area contributed by atoms with Gasteiger partial charge in [0.1, 0.15) is 0 Å². The number of aliphatic carboxylic acids is 1. The molecule has 0 aromatic heterocycles. The molecular formula is C23H29NO3. The van der Waals surface area contributed by atoms with Gasteiger partial charge in [0.2, 0.25) is 0 Å². The number of fused-ring (bicyclic) bond motifs is 1. The number of hydrogen-bond acceptors (Lipinski definition) is 3. The first kappa shape index (κ1) is 22.3. The number of carbonyl (C=O) groups is 1. The summed E-state index contributed by atoms with van der Waals surface area (Å²) in [7, 11) is 3.53. The molecule has 0 bridgehead atoms. The third-order valence-electron chi connectivity index (χ3n) is 4.12. The number of nitrogens with zero attached hydrogens (tertiary/aromatic N) is 1. The van der Waals surface area contributed by atoms with E-state index in [1.165, 1.54) is 17.9 Å². The molecule has 0 fully saturated rings. The normalized spacial score (nSPS) is 10.9. The molecule has 144 valence electrons. The minimum atomic E-state index is -0.998. The van der Waals surface area contributed by atoms with Gasteiger partial charge in [-0.25, -0.2) is 4.79 Å². The topological polar surface area (TPSA) is 49.8 Å². The average Bonchev–Trinajstić information content (AvgIpc) is 2.65. The van der Waals surface area contributed by atoms with Crippen LogP contribution in [0.2, 0.25) is 0 Å². The largest absolute Gasteiger partial charge is 0.504 e. The molecule has 0 aliphatic carbocycles. The summed E-state index contributed by atoms with van der Waals surface area (Å²) >= 11 is 0. The van der Waals surface area contributed by atoms with Crippen molar-refractivity contribution in [3.63, 3.8) is 0 Å². The second-order valence-electron chi connectivity index (χ2n) is 6.67. The molecule has 0 aliphatic heterocycles. The molecule has 0 spiro atoms. The molecule has 27 heavy (non-hydrogen) atoms. The van der Waals surface area contributed by atoms with Gasteiger partial charge < -0.3 is 9.84 Å². The Balaban J connectivity index is 0.000000445. The summed E-state index contributed by atoms with van der Waals surface area (Å²) in [6.07, 6.45) is 3.17. The molecule has 1 N–H and O–H groups in total. The molecule has 0 atom stereocenters. The SMILES string of the molecule is CCCN(C)C(C)(C)C#Cc1ccc2ccccc2c1.COC=CC(=O)O. The number of carboxylic acids is 1. The molecule has 4 heteroatoms. The van der Waals surface area contributed by atoms with E-state index in [9.17, 15) is 4.79 Å². The lowest BCUT2D eigenvalue weighted by atomic mass is 10.0. The number of carboxylic acid groups (broad SMARTS) is 1. The minimum Gasteiger partial charge on any atom is -0.504 e. The first-order valence-corrected chi connectivity index (χ1v) is 8.95. The number of benzene rings is 2. The van der Waals surface area contributed by atoms with E-state index in [1.54, 1.807) is 0 Å². The molecule has 0 radical (unpaired) electrons. The van der Waals surface area contributed by atoms with Crippen molar-refractivity contribution in [2.75, 3.05) is 20.7 Å². The van der Waals surface area contributed by atoms with Crippen molar-refractivity contribution < 1.29 is 14.6 Å². The van der Waals surface area contributed by atoms with Crippen LogP contribution in [0.25, 0.3) is 10.8 Å². The van der Waals surface area contributed by atoms with Crippen LogP contribution in [-0.2, 0) is 9.53 Å². The molecule has 2 aromatic carbocycles. The number of hydrogen-bond donors (Lipinski definition) is 1. The third-order valence-corrected chi connectivity index (χ3v) is 4.12. The van der Waals surface area contributed by atoms with Crippen molar-refractivity contribution in [1.82, 2.24) is 4.90 Å². The van der Waals surface area contributed by atoms with Crippen LogP contribution < -0.4 is 0 Å². The van der Waals surface area contributed by atoms with E-state index in [0.29, 0.717) is 0 Å². The maximum atomic E-state index is 9.59. The van der Waals surface area contributed by atoms with Crippen LogP contribution >= 0.6 is 0 Å². The van der Waals surface area contributed by atoms with Gasteiger partial charge in [0, 0.05) is 5.56 Å². The first-order chi connectivity index (χ1) is 12.8. The average molecular weight is 367 g/mol. The van der Waals surface area contributed by atoms with Crippen molar-refractivity contribution in [2.24, 2.45) is 0 Å². The van der Waals surface area contributed by atoms with E-state index < -0.39 is 5.97 Å². The summed E-state index contributed by atoms with van der Waals surface area (Å²) in [6, 6.07) is 14.8. The molecule has 2 rings (SSSR count). The van der Waals surface area contributed by atoms with E-state index in [-0.39, 0.29) is 5.54 Å². The lowest BCUT2D eigenvalue weighted by molar-refractivity contribution is -0.131. The van der Waals surface area contributed by atoms with Gasteiger partial charge in [-0.15, -0.1) is 0 Å². The Morgan fingerprint density at radius 2 is 1.89 bits per heavy atom. The van der Waals surface area contributed by atoms with Crippen molar-refractivity contribution >= 4 is 16.7 Å². The highest BCUT2D eigenvalue weighted by Gasteiger charge is 2.19. The van der Waals surface area contributed by atoms with Crippen LogP contribution in [0.1, 0.15) is 32.8 Å². The molecule has 0 heterocycles. The molecule has 0 unspecified atom stereocenters. The Morgan fingerprint density at radius 3 is 2.44 bits per heavy atom. The highest BCUT2D eigenvalue weighted by atomic mass is 16.5. The Labute approximate surface area is 162 Å². The van der Waals surface area contributed by atoms with Gasteiger partial charge >= 0.3 is 5.97 Å². The van der Waals surface area contributed by atoms with E-state index in [4.69, 9.17) is 5.11 Å². The summed E-state index contributed by atoms with van der Waals surface area (Å²) in [5.41, 5.74) is 0.989. The Bertz CT molecular complexity index is 828. The van der Waals surface area contributed by atoms with Crippen molar-refractivity contribution in [3.05, 3.63) is 60.4 Å². The smallest absolute Gasteiger partial charge is 0.331 e. The third kappa shape index (κ3) is 7.98. The number of methoxy groups -OCH3 is 1. The maximum absolute atomic E-state index is 9.59. The van der Waals surface area contributed by atoms with Crippen LogP contribution in [0.4, 0.5) is 0 Å². The first-order valence-electron chi connectivity index (χ1n) is 8.95. The van der Waals surface area contributed by atoms with E-state index in [1.807, 2.05) is 0 Å². The van der Waals surface area contributed by atoms with Gasteiger partial charge in [0.05, 0.1) is 25.0 Å². The van der Waals surface area contributed by atoms with Gasteiger partial charge in [-0.05, 0) is 56.8 Å². The van der Waals surface area contributed by atoms with E-state index in [0.717, 1.165) is 30.9 Å². The minimum absolute atomic E-state index is 0.0956. The summed E-state index contributed by atoms with van der Waals surface area (Å²) in [6.45, 7) is 7.62. The van der Waals surface area contributed by atoms with Crippen LogP contribution in [-0.4, -0.2) is 42.2 Å². The summed E-state index contributed by atoms with van der Waals surface area (Å²) in [4.78, 5) is 11.9. The van der Waals surface area contributed by atoms with E-state index >= 15 is 0 Å². The predicted octanol–water partition coefficient (Wildman–Crippen LogP) is 4.54. The monoisotopic (exact) mass is 367 g/mol. The van der Waals surface area contributed by atoms with Crippen LogP contribution in [0.5, 0.6) is 0 Å². The zero-order chi connectivity index (χ0) is 20.3. The second-order valence-corrected chi connectivity index (χ2v) is 6.67. The number of ether oxygens (including phenoxy) is 1. The zero-order valence-electron chi connectivity index (χ0n) is 16.8. The van der Waals surface area contributed by atoms with E-state index in [2.05, 4.69) is 91.8 Å². The standard InChI is InChI=1S/C19H23N.C4H6O3/c1-5-14-20(4)19(2,3)13-12-16-10-11-17-8-6-7-9-18(17)15-16;1-7-3-2-4(5)6/h6-11,15H,5,14H2,1-4H3;2-3H,1H3,(H,5,6). The Morgan fingerprint density at radius 1 is 1.22 bits per heavy atom. The van der Waals surface area contributed by atoms with Gasteiger partial charge in [-0.3, -0.25) is 4.90 Å². The van der Waals surface area contributed by atoms with Gasteiger partial charge in [0.25, 0.3) is 0 Å². The quantitative estimate of drug-likeness (QED) is 0.479. The molecule has 0 saturated carbocycles. The zero-order valence-corrected chi connectivity index (χ0v) is 16.8. The fourth-order valence-corrected chi connectivity index (χ4v) is 2.33. The Kier molecular flexibility index (Phi) is 9.12. The van der Waals surface area contributed by atoms with Gasteiger partial charge in [-0.2, -0.15) is 0 Å². The lowest BCUT2D eigenvalue weighted by Crippen LogP contribution is -2.40. The molecular weight excluding hydrogens is 338 g/mol. The fraction of sp³-hybridized carbons (Fsp3) is 0.348. The molecule has 0 saturated heterocycles. The van der Waals surface area contributed by atoms with Gasteiger partial charge in [-0.1, -0.05) is 49.1 Å². The van der Waals surface area contributed by atoms with Crippen molar-refractivity contribution in [3.8, 4) is 11.8 Å². The maximum Gasteiger partial charge on any atom is 0.331 e. The van der Waals surface area contributed by atoms with Gasteiger partial charge in [0.15, 0.2) is 0 Å². The Hall–Kier alpha value is -2.77. The van der Waals surface area contributed by atoms with Crippen LogP contribution in [0.3, 0.4) is 0 Å². The van der Waals surface area contributed by atoms with Crippen molar-refractivity contribution in [2.45, 2.75) is 32.7 Å². The fourth-order valence-electron chi connectivity index (χ4n) is 2.33. The molecule has 0 amide bonds. The number of rotatable bonds is 5. The van der Waals surface area contributed by atoms with Crippen LogP contribution in [0.15, 0.2) is 54.8 Å². The molecule has 0 aliphatic rings. The summed E-state index contributed by atoms with van der Waals surface area (Å²) < 4.78 is 4.29. The molecule has 2 aromatic rings. The lowest BCUT2D eigenvalue weighted by Gasteiger charge is -2.30.